The summed E-state index contributed by atoms with van der Waals surface area (Å²) in [6.07, 6.45) is 24.2. The zero-order valence-corrected chi connectivity index (χ0v) is 78.5. The standard InChI is InChI=1S/C31H47F4N3O4.2C29H43F4N3O4.CH4.Y/c1-19(2)21(4)22(5)31(6,7)30(40)42-18-13-10-8-9-11-15-20(3)16-12-14-17-41-29(39)23-24(32)26(34)28(37-38-36)27(35)25(23)33;2*1-18(2)20(4)29(5,6)28(38)40-17-12-9-7-8-10-14-19(3)15-11-13-16-39-27(37)21-22(30)24(32)26(35-36-34)25(33)23(21)31;;/h19-22H,8-18H2,1-7H3;2*18-20H,7-17H2,1-6H3;1H4;. The van der Waals surface area contributed by atoms with Crippen molar-refractivity contribution in [2.75, 3.05) is 39.6 Å². The van der Waals surface area contributed by atoms with Crippen molar-refractivity contribution in [3.63, 3.8) is 0 Å². The maximum atomic E-state index is 14.1. The van der Waals surface area contributed by atoms with Crippen LogP contribution in [0.3, 0.4) is 0 Å². The Kier molecular flexibility index (Phi) is 58.6. The fraction of sp³-hybridized carbons (Fsp3) is 0.733. The molecule has 0 aliphatic carbocycles. The van der Waals surface area contributed by atoms with Crippen LogP contribution in [0.15, 0.2) is 15.3 Å². The van der Waals surface area contributed by atoms with Crippen LogP contribution in [0, 0.1) is 145 Å². The first-order valence-electron chi connectivity index (χ1n) is 43.0. The number of nitrogens with zero attached hydrogens (tertiary/aromatic N) is 9. The van der Waals surface area contributed by atoms with Crippen LogP contribution in [-0.4, -0.2) is 75.5 Å². The molecule has 0 saturated carbocycles. The van der Waals surface area contributed by atoms with Gasteiger partial charge in [-0.1, -0.05) is 228 Å². The summed E-state index contributed by atoms with van der Waals surface area (Å²) in [4.78, 5) is 79.8. The van der Waals surface area contributed by atoms with Crippen LogP contribution in [-0.2, 0) is 75.5 Å². The molecule has 3 aromatic rings. The number of hydrogen-bond donors (Lipinski definition) is 0. The quantitative estimate of drug-likeness (QED) is 0.00744. The van der Waals surface area contributed by atoms with Crippen molar-refractivity contribution in [1.29, 1.82) is 0 Å². The molecule has 124 heavy (non-hydrogen) atoms. The molecule has 34 heteroatoms. The van der Waals surface area contributed by atoms with Crippen LogP contribution in [0.1, 0.15) is 343 Å². The summed E-state index contributed by atoms with van der Waals surface area (Å²) in [5.74, 6) is -24.9. The molecule has 1 radical (unpaired) electrons. The van der Waals surface area contributed by atoms with E-state index in [1.54, 1.807) is 0 Å². The number of benzene rings is 3. The van der Waals surface area contributed by atoms with Crippen LogP contribution in [0.5, 0.6) is 0 Å². The molecule has 7 atom stereocenters. The summed E-state index contributed by atoms with van der Waals surface area (Å²) in [7, 11) is 0. The molecule has 21 nitrogen and oxygen atoms in total. The number of ether oxygens (including phenoxy) is 6. The maximum Gasteiger partial charge on any atom is 0.344 e. The van der Waals surface area contributed by atoms with Gasteiger partial charge in [0.05, 0.1) is 55.9 Å². The zero-order chi connectivity index (χ0) is 92.9. The Morgan fingerprint density at radius 1 is 0.282 bits per heavy atom. The molecule has 0 amide bonds. The second-order valence-corrected chi connectivity index (χ2v) is 34.9. The Bertz CT molecular complexity index is 3720. The van der Waals surface area contributed by atoms with Crippen molar-refractivity contribution < 1.29 is 143 Å². The van der Waals surface area contributed by atoms with Gasteiger partial charge in [0.1, 0.15) is 33.8 Å². The van der Waals surface area contributed by atoms with E-state index in [1.165, 1.54) is 0 Å². The van der Waals surface area contributed by atoms with Crippen molar-refractivity contribution in [3.05, 3.63) is 118 Å². The summed E-state index contributed by atoms with van der Waals surface area (Å²) in [6, 6.07) is 0. The molecule has 0 aromatic heterocycles. The molecular weight excluding hydrogens is 1720 g/mol. The SMILES string of the molecule is C.CC(CCCCCCCOC(=O)C(C)(C)C(C)C(C)C(C)C)CCCCOC(=O)c1c(F)c(F)c(N=[N+]=[N-])c(F)c1F.CC(CCCCCCCOC(=O)C(C)(C)C(C)C(C)C)CCCCOC(=O)c1c(F)c(F)c(N=[N+]=[N-])c(F)c1F.CC(CCCCCCCOC(=O)C(C)(C)C(C)C(C)C)CCCCOC(=O)c1c(F)c(F)c(N=[N+]=[N-])c(F)c1F.[Y]. The molecule has 0 aliphatic heterocycles. The topological polar surface area (TPSA) is 304 Å². The molecule has 0 saturated heterocycles. The summed E-state index contributed by atoms with van der Waals surface area (Å²) in [5.41, 5.74) is 14.4. The minimum absolute atomic E-state index is 0. The number of carbonyl (C=O) groups is 6. The first-order chi connectivity index (χ1) is 57.2. The molecule has 0 spiro atoms. The van der Waals surface area contributed by atoms with Gasteiger partial charge in [0.25, 0.3) is 0 Å². The van der Waals surface area contributed by atoms with Crippen molar-refractivity contribution in [2.24, 2.45) is 90.8 Å². The number of esters is 6. The third-order valence-corrected chi connectivity index (χ3v) is 23.8. The third kappa shape index (κ3) is 39.1. The van der Waals surface area contributed by atoms with E-state index in [4.69, 9.17) is 45.0 Å². The van der Waals surface area contributed by atoms with Gasteiger partial charge in [0, 0.05) is 47.4 Å². The van der Waals surface area contributed by atoms with Crippen LogP contribution >= 0.6 is 0 Å². The van der Waals surface area contributed by atoms with Crippen molar-refractivity contribution >= 4 is 52.9 Å². The number of halogens is 12. The predicted molar refractivity (Wildman–Crippen MR) is 450 cm³/mol. The number of unbranched alkanes of at least 4 members (excludes halogenated alkanes) is 15. The predicted octanol–water partition coefficient (Wildman–Crippen LogP) is 29.3. The van der Waals surface area contributed by atoms with Gasteiger partial charge in [-0.05, 0) is 175 Å². The molecule has 0 bridgehead atoms. The molecule has 701 valence electrons. The Balaban J connectivity index is 0. The molecule has 3 aromatic carbocycles. The molecule has 0 aliphatic rings. The summed E-state index contributed by atoms with van der Waals surface area (Å²) in [6.45, 7) is 40.1. The summed E-state index contributed by atoms with van der Waals surface area (Å²) >= 11 is 0. The number of carbonyl (C=O) groups excluding carboxylic acids is 6. The number of rotatable bonds is 55. The van der Waals surface area contributed by atoms with Gasteiger partial charge in [0.15, 0.2) is 69.8 Å². The average Bonchev–Trinajstić information content (AvgIpc) is 0.790. The van der Waals surface area contributed by atoms with Gasteiger partial charge >= 0.3 is 35.8 Å². The van der Waals surface area contributed by atoms with Crippen molar-refractivity contribution in [2.45, 2.75) is 312 Å². The molecule has 0 fully saturated rings. The van der Waals surface area contributed by atoms with E-state index in [2.05, 4.69) is 120 Å². The smallest absolute Gasteiger partial charge is 0.344 e. The van der Waals surface area contributed by atoms with E-state index in [-0.39, 0.29) is 95.6 Å². The second kappa shape index (κ2) is 61.2. The Labute approximate surface area is 751 Å². The number of azide groups is 3. The Morgan fingerprint density at radius 2 is 0.460 bits per heavy atom. The molecular formula is C90H137F12N9O12Y. The largest absolute Gasteiger partial charge is 0.465 e. The van der Waals surface area contributed by atoms with Gasteiger partial charge < -0.3 is 28.4 Å². The van der Waals surface area contributed by atoms with Crippen LogP contribution in [0.25, 0.3) is 31.3 Å². The van der Waals surface area contributed by atoms with E-state index < -0.39 is 138 Å². The van der Waals surface area contributed by atoms with Gasteiger partial charge in [-0.15, -0.1) is 0 Å². The number of hydrogen-bond acceptors (Lipinski definition) is 15. The molecule has 3 rings (SSSR count). The minimum Gasteiger partial charge on any atom is -0.465 e. The molecule has 7 unspecified atom stereocenters. The van der Waals surface area contributed by atoms with E-state index >= 15 is 0 Å². The maximum absolute atomic E-state index is 14.1. The normalized spacial score (nSPS) is 13.1. The first-order valence-corrected chi connectivity index (χ1v) is 43.0. The van der Waals surface area contributed by atoms with Crippen molar-refractivity contribution in [3.8, 4) is 0 Å². The fourth-order valence-corrected chi connectivity index (χ4v) is 13.6. The van der Waals surface area contributed by atoms with Gasteiger partial charge in [0.2, 0.25) is 0 Å². The van der Waals surface area contributed by atoms with Crippen LogP contribution < -0.4 is 0 Å². The Hall–Kier alpha value is -7.33. The first kappa shape index (κ1) is 119. The average molecular weight is 1850 g/mol. The third-order valence-electron chi connectivity index (χ3n) is 23.8. The van der Waals surface area contributed by atoms with Gasteiger partial charge in [-0.2, -0.15) is 0 Å². The van der Waals surface area contributed by atoms with Crippen molar-refractivity contribution in [1.82, 2.24) is 0 Å². The molecule has 0 heterocycles. The molecule has 0 N–H and O–H groups in total. The van der Waals surface area contributed by atoms with Crippen LogP contribution in [0.2, 0.25) is 0 Å². The van der Waals surface area contributed by atoms with Gasteiger partial charge in [-0.3, -0.25) is 14.4 Å². The minimum atomic E-state index is -1.97. The monoisotopic (exact) mass is 1850 g/mol. The second-order valence-electron chi connectivity index (χ2n) is 34.9. The zero-order valence-electron chi connectivity index (χ0n) is 75.6. The van der Waals surface area contributed by atoms with E-state index in [0.29, 0.717) is 99.8 Å². The van der Waals surface area contributed by atoms with Crippen LogP contribution in [0.4, 0.5) is 69.7 Å². The summed E-state index contributed by atoms with van der Waals surface area (Å²) < 4.78 is 198. The Morgan fingerprint density at radius 3 is 0.661 bits per heavy atom. The fourth-order valence-electron chi connectivity index (χ4n) is 13.6. The van der Waals surface area contributed by atoms with E-state index in [0.717, 1.165) is 135 Å². The van der Waals surface area contributed by atoms with E-state index in [9.17, 15) is 81.5 Å². The van der Waals surface area contributed by atoms with Gasteiger partial charge in [-0.25, -0.2) is 67.1 Å². The van der Waals surface area contributed by atoms with E-state index in [1.807, 2.05) is 41.5 Å². The summed E-state index contributed by atoms with van der Waals surface area (Å²) in [5, 5.41) is 7.74.